The highest BCUT2D eigenvalue weighted by atomic mass is 16.5. The molecule has 0 unspecified atom stereocenters. The van der Waals surface area contributed by atoms with Crippen molar-refractivity contribution in [1.82, 2.24) is 16.2 Å². The van der Waals surface area contributed by atoms with Crippen molar-refractivity contribution >= 4 is 17.8 Å². The normalized spacial score (nSPS) is 13.2. The number of hydrogen-bond donors (Lipinski definition) is 4. The lowest BCUT2D eigenvalue weighted by Gasteiger charge is -2.22. The maximum Gasteiger partial charge on any atom is 0.312 e. The van der Waals surface area contributed by atoms with E-state index in [0.717, 1.165) is 5.56 Å². The maximum atomic E-state index is 12.2. The average Bonchev–Trinajstić information content (AvgIpc) is 2.61. The van der Waals surface area contributed by atoms with Gasteiger partial charge >= 0.3 is 6.03 Å². The van der Waals surface area contributed by atoms with E-state index in [1.807, 2.05) is 19.1 Å². The molecule has 0 aromatic heterocycles. The van der Waals surface area contributed by atoms with Gasteiger partial charge in [0.05, 0.1) is 0 Å². The van der Waals surface area contributed by atoms with Crippen molar-refractivity contribution in [3.63, 3.8) is 0 Å². The molecule has 1 rings (SSSR count). The van der Waals surface area contributed by atoms with Crippen LogP contribution in [0.5, 0.6) is 5.75 Å². The van der Waals surface area contributed by atoms with Crippen LogP contribution in [0.3, 0.4) is 0 Å². The Balaban J connectivity index is 2.50. The van der Waals surface area contributed by atoms with Crippen molar-refractivity contribution in [3.05, 3.63) is 29.8 Å². The molecule has 8 heteroatoms. The predicted octanol–water partition coefficient (Wildman–Crippen LogP) is 1.59. The topological polar surface area (TPSA) is 123 Å². The number of hydrogen-bond acceptors (Lipinski definition) is 4. The number of carbonyl (C=O) groups is 3. The summed E-state index contributed by atoms with van der Waals surface area (Å²) in [4.78, 5) is 35.1. The van der Waals surface area contributed by atoms with Crippen molar-refractivity contribution in [1.29, 1.82) is 0 Å². The van der Waals surface area contributed by atoms with Crippen LogP contribution in [-0.4, -0.2) is 30.5 Å². The molecule has 5 N–H and O–H groups in total. The zero-order valence-corrected chi connectivity index (χ0v) is 16.6. The van der Waals surface area contributed by atoms with Gasteiger partial charge in [-0.15, -0.1) is 0 Å². The molecule has 1 aromatic rings. The number of hydrazine groups is 1. The molecule has 1 aromatic carbocycles. The molecule has 150 valence electrons. The molecule has 0 spiro atoms. The van der Waals surface area contributed by atoms with Crippen LogP contribution in [0, 0.1) is 5.92 Å². The molecule has 0 aliphatic carbocycles. The van der Waals surface area contributed by atoms with Gasteiger partial charge in [-0.05, 0) is 29.0 Å². The summed E-state index contributed by atoms with van der Waals surface area (Å²) in [5.41, 5.74) is 10.8. The summed E-state index contributed by atoms with van der Waals surface area (Å²) >= 11 is 0. The number of amides is 4. The molecule has 0 saturated heterocycles. The van der Waals surface area contributed by atoms with Gasteiger partial charge in [-0.3, -0.25) is 20.4 Å². The third-order valence-electron chi connectivity index (χ3n) is 4.21. The lowest BCUT2D eigenvalue weighted by Crippen LogP contribution is -2.56. The Labute approximate surface area is 160 Å². The monoisotopic (exact) mass is 378 g/mol. The summed E-state index contributed by atoms with van der Waals surface area (Å²) in [6.45, 7) is 9.75. The Bertz CT molecular complexity index is 653. The maximum absolute atomic E-state index is 12.2. The molecule has 0 radical (unpaired) electrons. The summed E-state index contributed by atoms with van der Waals surface area (Å²) in [5.74, 6) is -0.666. The number of urea groups is 1. The van der Waals surface area contributed by atoms with Crippen molar-refractivity contribution in [2.24, 2.45) is 11.7 Å². The van der Waals surface area contributed by atoms with E-state index in [1.165, 1.54) is 0 Å². The molecule has 2 atom stereocenters. The van der Waals surface area contributed by atoms with Crippen molar-refractivity contribution < 1.29 is 19.1 Å². The molecule has 27 heavy (non-hydrogen) atoms. The molecule has 4 amide bonds. The molecule has 0 heterocycles. The highest BCUT2D eigenvalue weighted by Crippen LogP contribution is 2.24. The number of nitrogens with two attached hydrogens (primary N) is 1. The largest absolute Gasteiger partial charge is 0.484 e. The minimum Gasteiger partial charge on any atom is -0.484 e. The number of nitrogens with one attached hydrogen (secondary N) is 3. The summed E-state index contributed by atoms with van der Waals surface area (Å²) in [7, 11) is 0. The SMILES string of the molecule is CC[C@H](C)[C@@H](NC(N)=O)C(=O)NNC(=O)COc1ccc(C(C)(C)C)cc1. The summed E-state index contributed by atoms with van der Waals surface area (Å²) < 4.78 is 5.41. The Hall–Kier alpha value is -2.77. The van der Waals surface area contributed by atoms with Gasteiger partial charge in [0, 0.05) is 0 Å². The third kappa shape index (κ3) is 7.55. The van der Waals surface area contributed by atoms with E-state index >= 15 is 0 Å². The van der Waals surface area contributed by atoms with Gasteiger partial charge in [0.2, 0.25) is 0 Å². The van der Waals surface area contributed by atoms with Gasteiger partial charge in [-0.1, -0.05) is 53.2 Å². The first kappa shape index (κ1) is 22.3. The fraction of sp³-hybridized carbons (Fsp3) is 0.526. The fourth-order valence-electron chi connectivity index (χ4n) is 2.30. The summed E-state index contributed by atoms with van der Waals surface area (Å²) in [6, 6.07) is 5.84. The van der Waals surface area contributed by atoms with Crippen LogP contribution in [0.25, 0.3) is 0 Å². The van der Waals surface area contributed by atoms with E-state index in [2.05, 4.69) is 36.9 Å². The van der Waals surface area contributed by atoms with Crippen molar-refractivity contribution in [2.45, 2.75) is 52.5 Å². The number of carbonyl (C=O) groups excluding carboxylic acids is 3. The molecule has 0 aliphatic heterocycles. The second-order valence-corrected chi connectivity index (χ2v) is 7.47. The zero-order valence-electron chi connectivity index (χ0n) is 16.6. The fourth-order valence-corrected chi connectivity index (χ4v) is 2.30. The minimum absolute atomic E-state index is 0.0330. The van der Waals surface area contributed by atoms with Gasteiger partial charge in [0.15, 0.2) is 6.61 Å². The Kier molecular flexibility index (Phi) is 8.08. The van der Waals surface area contributed by atoms with E-state index in [9.17, 15) is 14.4 Å². The highest BCUT2D eigenvalue weighted by molar-refractivity contribution is 5.88. The lowest BCUT2D eigenvalue weighted by atomic mass is 9.87. The van der Waals surface area contributed by atoms with Crippen LogP contribution >= 0.6 is 0 Å². The molecular weight excluding hydrogens is 348 g/mol. The van der Waals surface area contributed by atoms with Gasteiger partial charge in [0.1, 0.15) is 11.8 Å². The van der Waals surface area contributed by atoms with Crippen LogP contribution < -0.4 is 26.6 Å². The van der Waals surface area contributed by atoms with Gasteiger partial charge in [-0.2, -0.15) is 0 Å². The van der Waals surface area contributed by atoms with Gasteiger partial charge in [-0.25, -0.2) is 4.79 Å². The van der Waals surface area contributed by atoms with Gasteiger partial charge in [0.25, 0.3) is 11.8 Å². The standard InChI is InChI=1S/C19H30N4O4/c1-6-12(2)16(21-18(20)26)17(25)23-22-15(24)11-27-14-9-7-13(8-10-14)19(3,4)5/h7-10,12,16H,6,11H2,1-5H3,(H,22,24)(H,23,25)(H3,20,21,26)/t12-,16+/m0/s1. The second-order valence-electron chi connectivity index (χ2n) is 7.47. The van der Waals surface area contributed by atoms with Crippen LogP contribution in [0.2, 0.25) is 0 Å². The van der Waals surface area contributed by atoms with E-state index in [-0.39, 0.29) is 17.9 Å². The third-order valence-corrected chi connectivity index (χ3v) is 4.21. The zero-order chi connectivity index (χ0) is 20.6. The molecule has 0 bridgehead atoms. The first-order chi connectivity index (χ1) is 12.5. The van der Waals surface area contributed by atoms with Crippen molar-refractivity contribution in [3.8, 4) is 5.75 Å². The van der Waals surface area contributed by atoms with E-state index in [0.29, 0.717) is 12.2 Å². The number of ether oxygens (including phenoxy) is 1. The minimum atomic E-state index is -0.835. The molecule has 0 aliphatic rings. The number of primary amides is 1. The highest BCUT2D eigenvalue weighted by Gasteiger charge is 2.25. The van der Waals surface area contributed by atoms with Crippen LogP contribution in [-0.2, 0) is 15.0 Å². The first-order valence-electron chi connectivity index (χ1n) is 8.92. The predicted molar refractivity (Wildman–Crippen MR) is 103 cm³/mol. The Morgan fingerprint density at radius 2 is 1.70 bits per heavy atom. The lowest BCUT2D eigenvalue weighted by molar-refractivity contribution is -0.131. The van der Waals surface area contributed by atoms with Gasteiger partial charge < -0.3 is 15.8 Å². The molecule has 0 fully saturated rings. The molecule has 8 nitrogen and oxygen atoms in total. The quantitative estimate of drug-likeness (QED) is 0.538. The molecular formula is C19H30N4O4. The van der Waals surface area contributed by atoms with Crippen LogP contribution in [0.4, 0.5) is 4.79 Å². The average molecular weight is 378 g/mol. The second kappa shape index (κ2) is 9.80. The summed E-state index contributed by atoms with van der Waals surface area (Å²) in [6.07, 6.45) is 0.653. The summed E-state index contributed by atoms with van der Waals surface area (Å²) in [5, 5.41) is 2.37. The van der Waals surface area contributed by atoms with E-state index < -0.39 is 23.9 Å². The first-order valence-corrected chi connectivity index (χ1v) is 8.92. The smallest absolute Gasteiger partial charge is 0.312 e. The van der Waals surface area contributed by atoms with E-state index in [1.54, 1.807) is 19.1 Å². The number of benzene rings is 1. The molecule has 0 saturated carbocycles. The Morgan fingerprint density at radius 3 is 2.19 bits per heavy atom. The Morgan fingerprint density at radius 1 is 1.11 bits per heavy atom. The number of rotatable bonds is 7. The van der Waals surface area contributed by atoms with Crippen molar-refractivity contribution in [2.75, 3.05) is 6.61 Å². The van der Waals surface area contributed by atoms with Crippen LogP contribution in [0.1, 0.15) is 46.6 Å². The van der Waals surface area contributed by atoms with Crippen LogP contribution in [0.15, 0.2) is 24.3 Å². The van der Waals surface area contributed by atoms with E-state index in [4.69, 9.17) is 10.5 Å².